The van der Waals surface area contributed by atoms with Gasteiger partial charge in [0.2, 0.25) is 0 Å². The Hall–Kier alpha value is -0.790. The molecule has 5 fully saturated rings. The molecular formula is C32H52O2. The number of hydrogen-bond donors (Lipinski definition) is 0. The molecule has 0 aromatic rings. The fraction of sp³-hybridized carbons (Fsp3) is 0.906. The largest absolute Gasteiger partial charge is 0.462 e. The Morgan fingerprint density at radius 3 is 2.12 bits per heavy atom. The number of fused-ring (bicyclic) bond motifs is 7. The topological polar surface area (TPSA) is 26.3 Å². The minimum Gasteiger partial charge on any atom is -0.462 e. The second-order valence-electron chi connectivity index (χ2n) is 15.3. The molecule has 2 heteroatoms. The summed E-state index contributed by atoms with van der Waals surface area (Å²) in [4.78, 5) is 11.9. The molecule has 0 aromatic carbocycles. The normalized spacial score (nSPS) is 53.6. The van der Waals surface area contributed by atoms with Crippen LogP contribution >= 0.6 is 0 Å². The highest BCUT2D eigenvalue weighted by atomic mass is 16.5. The minimum atomic E-state index is -0.107. The van der Waals surface area contributed by atoms with Gasteiger partial charge in [-0.05, 0) is 122 Å². The summed E-state index contributed by atoms with van der Waals surface area (Å²) in [6.45, 7) is 23.9. The fourth-order valence-corrected chi connectivity index (χ4v) is 11.9. The summed E-state index contributed by atoms with van der Waals surface area (Å²) in [6.07, 6.45) is 13.4. The zero-order valence-electron chi connectivity index (χ0n) is 23.6. The first kappa shape index (κ1) is 24.9. The van der Waals surface area contributed by atoms with E-state index in [4.69, 9.17) is 4.74 Å². The molecule has 34 heavy (non-hydrogen) atoms. The first-order valence-electron chi connectivity index (χ1n) is 14.5. The molecule has 5 saturated carbocycles. The molecule has 0 unspecified atom stereocenters. The lowest BCUT2D eigenvalue weighted by Crippen LogP contribution is -2.66. The number of carbonyl (C=O) groups excluding carboxylic acids is 1. The van der Waals surface area contributed by atoms with E-state index in [1.54, 1.807) is 6.92 Å². The van der Waals surface area contributed by atoms with Gasteiger partial charge in [-0.25, -0.2) is 0 Å². The van der Waals surface area contributed by atoms with Crippen LogP contribution in [0.3, 0.4) is 0 Å². The van der Waals surface area contributed by atoms with Gasteiger partial charge < -0.3 is 4.74 Å². The van der Waals surface area contributed by atoms with Crippen LogP contribution in [0.5, 0.6) is 0 Å². The summed E-state index contributed by atoms with van der Waals surface area (Å²) in [7, 11) is 0. The minimum absolute atomic E-state index is 0.0550. The van der Waals surface area contributed by atoms with Crippen molar-refractivity contribution in [1.29, 1.82) is 0 Å². The average Bonchev–Trinajstić information content (AvgIpc) is 3.08. The van der Waals surface area contributed by atoms with Gasteiger partial charge in [-0.2, -0.15) is 0 Å². The van der Waals surface area contributed by atoms with Gasteiger partial charge in [-0.3, -0.25) is 4.79 Å². The van der Waals surface area contributed by atoms with Crippen molar-refractivity contribution in [1.82, 2.24) is 0 Å². The summed E-state index contributed by atoms with van der Waals surface area (Å²) in [5, 5.41) is 0. The maximum Gasteiger partial charge on any atom is 0.302 e. The first-order valence-corrected chi connectivity index (χ1v) is 14.5. The third-order valence-electron chi connectivity index (χ3n) is 13.7. The Bertz CT molecular complexity index is 872. The number of esters is 1. The molecular weight excluding hydrogens is 416 g/mol. The molecule has 0 amide bonds. The predicted octanol–water partition coefficient (Wildman–Crippen LogP) is 8.60. The van der Waals surface area contributed by atoms with E-state index in [9.17, 15) is 4.79 Å². The summed E-state index contributed by atoms with van der Waals surface area (Å²) in [6, 6.07) is 0. The third kappa shape index (κ3) is 3.08. The molecule has 2 nitrogen and oxygen atoms in total. The predicted molar refractivity (Wildman–Crippen MR) is 140 cm³/mol. The van der Waals surface area contributed by atoms with E-state index in [0.29, 0.717) is 27.6 Å². The standard InChI is InChI=1S/C32H52O2/c1-20(2)22-12-15-29(6)18-19-31(8)23(27(22)29)10-11-25-30(7)16-14-26(34-21(3)33)28(4,5)24(30)13-17-32(25,31)9/h22-27H,1,10-19H2,2-9H3/t22-,23+,24-,25-,26+,27-,29+,30-,31+,32+/m0/s1. The molecule has 10 atom stereocenters. The summed E-state index contributed by atoms with van der Waals surface area (Å²) in [5.74, 6) is 3.74. The van der Waals surface area contributed by atoms with Gasteiger partial charge in [0.25, 0.3) is 0 Å². The molecule has 5 aliphatic rings. The van der Waals surface area contributed by atoms with Gasteiger partial charge in [0.15, 0.2) is 0 Å². The number of allylic oxidation sites excluding steroid dienone is 1. The van der Waals surface area contributed by atoms with Gasteiger partial charge in [0, 0.05) is 12.3 Å². The van der Waals surface area contributed by atoms with E-state index in [1.807, 2.05) is 0 Å². The Morgan fingerprint density at radius 2 is 1.47 bits per heavy atom. The van der Waals surface area contributed by atoms with E-state index in [2.05, 4.69) is 55.0 Å². The number of hydrogen-bond acceptors (Lipinski definition) is 2. The monoisotopic (exact) mass is 468 g/mol. The quantitative estimate of drug-likeness (QED) is 0.299. The van der Waals surface area contributed by atoms with Crippen LogP contribution in [0.1, 0.15) is 120 Å². The second kappa shape index (κ2) is 7.61. The second-order valence-corrected chi connectivity index (χ2v) is 15.3. The summed E-state index contributed by atoms with van der Waals surface area (Å²) in [5.41, 5.74) is 3.23. The van der Waals surface area contributed by atoms with Crippen LogP contribution in [0.2, 0.25) is 0 Å². The maximum atomic E-state index is 11.9. The van der Waals surface area contributed by atoms with Crippen LogP contribution in [-0.4, -0.2) is 12.1 Å². The average molecular weight is 469 g/mol. The van der Waals surface area contributed by atoms with Crippen LogP contribution in [0.15, 0.2) is 12.2 Å². The molecule has 5 aliphatic carbocycles. The first-order chi connectivity index (χ1) is 15.7. The molecule has 5 rings (SSSR count). The van der Waals surface area contributed by atoms with Gasteiger partial charge in [0.1, 0.15) is 6.10 Å². The van der Waals surface area contributed by atoms with Crippen molar-refractivity contribution in [2.24, 2.45) is 56.7 Å². The van der Waals surface area contributed by atoms with Crippen LogP contribution in [0.25, 0.3) is 0 Å². The third-order valence-corrected chi connectivity index (χ3v) is 13.7. The summed E-state index contributed by atoms with van der Waals surface area (Å²) < 4.78 is 5.91. The summed E-state index contributed by atoms with van der Waals surface area (Å²) >= 11 is 0. The van der Waals surface area contributed by atoms with Crippen molar-refractivity contribution in [3.63, 3.8) is 0 Å². The van der Waals surface area contributed by atoms with Crippen molar-refractivity contribution in [3.8, 4) is 0 Å². The zero-order chi connectivity index (χ0) is 24.9. The van der Waals surface area contributed by atoms with Crippen molar-refractivity contribution >= 4 is 5.97 Å². The Labute approximate surface area is 210 Å². The lowest BCUT2D eigenvalue weighted by atomic mass is 9.32. The molecule has 0 aromatic heterocycles. The fourth-order valence-electron chi connectivity index (χ4n) is 11.9. The lowest BCUT2D eigenvalue weighted by Gasteiger charge is -2.73. The number of rotatable bonds is 2. The highest BCUT2D eigenvalue weighted by molar-refractivity contribution is 5.66. The molecule has 0 aliphatic heterocycles. The van der Waals surface area contributed by atoms with Crippen LogP contribution in [0.4, 0.5) is 0 Å². The van der Waals surface area contributed by atoms with E-state index < -0.39 is 0 Å². The van der Waals surface area contributed by atoms with E-state index in [1.165, 1.54) is 63.4 Å². The zero-order valence-corrected chi connectivity index (χ0v) is 23.6. The van der Waals surface area contributed by atoms with Crippen LogP contribution < -0.4 is 0 Å². The van der Waals surface area contributed by atoms with Gasteiger partial charge in [0.05, 0.1) is 0 Å². The Kier molecular flexibility index (Phi) is 5.57. The highest BCUT2D eigenvalue weighted by Crippen LogP contribution is 2.77. The van der Waals surface area contributed by atoms with Crippen molar-refractivity contribution in [3.05, 3.63) is 12.2 Å². The smallest absolute Gasteiger partial charge is 0.302 e. The van der Waals surface area contributed by atoms with E-state index in [0.717, 1.165) is 30.1 Å². The molecule has 192 valence electrons. The van der Waals surface area contributed by atoms with Crippen molar-refractivity contribution < 1.29 is 9.53 Å². The van der Waals surface area contributed by atoms with Crippen LogP contribution in [-0.2, 0) is 9.53 Å². The number of carbonyl (C=O) groups is 1. The van der Waals surface area contributed by atoms with E-state index >= 15 is 0 Å². The Morgan fingerprint density at radius 1 is 0.765 bits per heavy atom. The van der Waals surface area contributed by atoms with Crippen molar-refractivity contribution in [2.45, 2.75) is 126 Å². The highest BCUT2D eigenvalue weighted by Gasteiger charge is 2.70. The molecule has 0 heterocycles. The van der Waals surface area contributed by atoms with Crippen molar-refractivity contribution in [2.75, 3.05) is 0 Å². The van der Waals surface area contributed by atoms with E-state index in [-0.39, 0.29) is 17.5 Å². The van der Waals surface area contributed by atoms with Gasteiger partial charge in [-0.1, -0.05) is 53.7 Å². The van der Waals surface area contributed by atoms with Gasteiger partial charge >= 0.3 is 5.97 Å². The SMILES string of the molecule is C=C(C)[C@@H]1CC[C@]2(C)CC[C@]3(C)[C@H](CC[C@H]4[C@@]5(C)CC[C@@H](OC(C)=O)C(C)(C)[C@@H]5CC[C@]43C)[C@H]12. The molecule has 0 N–H and O–H groups in total. The Balaban J connectivity index is 1.50. The molecule has 0 spiro atoms. The molecule has 0 bridgehead atoms. The van der Waals surface area contributed by atoms with Crippen LogP contribution in [0, 0.1) is 56.7 Å². The molecule has 0 saturated heterocycles. The number of ether oxygens (including phenoxy) is 1. The van der Waals surface area contributed by atoms with Gasteiger partial charge in [-0.15, -0.1) is 0 Å². The molecule has 0 radical (unpaired) electrons. The lowest BCUT2D eigenvalue weighted by molar-refractivity contribution is -0.248. The maximum absolute atomic E-state index is 11.9.